The monoisotopic (exact) mass is 386 g/mol. The summed E-state index contributed by atoms with van der Waals surface area (Å²) in [6, 6.07) is 9.48. The summed E-state index contributed by atoms with van der Waals surface area (Å²) in [4.78, 5) is 35.2. The lowest BCUT2D eigenvalue weighted by Crippen LogP contribution is -2.39. The van der Waals surface area contributed by atoms with Gasteiger partial charge in [0.15, 0.2) is 5.16 Å². The Bertz CT molecular complexity index is 790. The number of nitrogens with one attached hydrogen (secondary N) is 1. The van der Waals surface area contributed by atoms with Crippen LogP contribution in [-0.2, 0) is 9.59 Å². The van der Waals surface area contributed by atoms with E-state index >= 15 is 0 Å². The maximum Gasteiger partial charge on any atom is 0.244 e. The molecule has 6 nitrogen and oxygen atoms in total. The van der Waals surface area contributed by atoms with Crippen LogP contribution in [0.2, 0.25) is 0 Å². The minimum atomic E-state index is -0.196. The van der Waals surface area contributed by atoms with Crippen molar-refractivity contribution in [3.63, 3.8) is 0 Å². The fraction of sp³-hybridized carbons (Fsp3) is 0.400. The van der Waals surface area contributed by atoms with Crippen molar-refractivity contribution >= 4 is 29.3 Å². The largest absolute Gasteiger partial charge is 0.333 e. The molecule has 27 heavy (non-hydrogen) atoms. The van der Waals surface area contributed by atoms with Crippen LogP contribution < -0.4 is 5.32 Å². The molecule has 2 amide bonds. The predicted molar refractivity (Wildman–Crippen MR) is 109 cm³/mol. The molecule has 2 rings (SSSR count). The summed E-state index contributed by atoms with van der Waals surface area (Å²) in [6.45, 7) is 8.30. The number of amides is 2. The average Bonchev–Trinajstić information content (AvgIpc) is 2.60. The molecule has 0 aliphatic carbocycles. The summed E-state index contributed by atoms with van der Waals surface area (Å²) in [5.74, 6) is -0.0798. The van der Waals surface area contributed by atoms with Gasteiger partial charge >= 0.3 is 0 Å². The first kappa shape index (κ1) is 20.9. The molecular weight excluding hydrogens is 360 g/mol. The topological polar surface area (TPSA) is 75.2 Å². The molecule has 2 aromatic rings. The Morgan fingerprint density at radius 1 is 1.11 bits per heavy atom. The average molecular weight is 387 g/mol. The zero-order valence-electron chi connectivity index (χ0n) is 16.3. The first-order chi connectivity index (χ1) is 12.9. The van der Waals surface area contributed by atoms with Crippen LogP contribution in [0.25, 0.3) is 0 Å². The van der Waals surface area contributed by atoms with E-state index in [2.05, 4.69) is 15.3 Å². The van der Waals surface area contributed by atoms with Gasteiger partial charge in [0.05, 0.1) is 12.3 Å². The number of aromatic nitrogens is 2. The second kappa shape index (κ2) is 10.1. The number of benzene rings is 1. The van der Waals surface area contributed by atoms with E-state index in [0.717, 1.165) is 29.1 Å². The van der Waals surface area contributed by atoms with Crippen LogP contribution in [0.15, 0.2) is 35.5 Å². The number of nitrogens with zero attached hydrogens (tertiary/aromatic N) is 3. The van der Waals surface area contributed by atoms with E-state index in [1.54, 1.807) is 4.90 Å². The van der Waals surface area contributed by atoms with Crippen LogP contribution >= 0.6 is 11.8 Å². The van der Waals surface area contributed by atoms with Crippen LogP contribution in [0.1, 0.15) is 30.3 Å². The van der Waals surface area contributed by atoms with Crippen LogP contribution in [-0.4, -0.2) is 45.5 Å². The van der Waals surface area contributed by atoms with E-state index in [0.29, 0.717) is 11.7 Å². The first-order valence-electron chi connectivity index (χ1n) is 8.97. The van der Waals surface area contributed by atoms with Gasteiger partial charge in [0.2, 0.25) is 11.8 Å². The highest BCUT2D eigenvalue weighted by Gasteiger charge is 2.18. The molecule has 0 radical (unpaired) electrons. The van der Waals surface area contributed by atoms with Crippen LogP contribution in [0.5, 0.6) is 0 Å². The molecule has 0 fully saturated rings. The SMILES string of the molecule is CCCN(CC(=O)Nc1ccccc1C)C(=O)CSc1nc(C)cc(C)n1. The Kier molecular flexibility index (Phi) is 7.79. The third kappa shape index (κ3) is 6.67. The van der Waals surface area contributed by atoms with Crippen molar-refractivity contribution < 1.29 is 9.59 Å². The van der Waals surface area contributed by atoms with Crippen molar-refractivity contribution in [1.82, 2.24) is 14.9 Å². The van der Waals surface area contributed by atoms with Gasteiger partial charge in [-0.25, -0.2) is 9.97 Å². The number of carbonyl (C=O) groups is 2. The maximum atomic E-state index is 12.6. The number of hydrogen-bond acceptors (Lipinski definition) is 5. The number of anilines is 1. The molecule has 1 aromatic heterocycles. The normalized spacial score (nSPS) is 10.5. The third-order valence-corrected chi connectivity index (χ3v) is 4.72. The fourth-order valence-corrected chi connectivity index (χ4v) is 3.47. The molecule has 0 aliphatic rings. The van der Waals surface area contributed by atoms with Gasteiger partial charge in [-0.1, -0.05) is 36.9 Å². The molecule has 1 heterocycles. The van der Waals surface area contributed by atoms with Crippen LogP contribution in [0.3, 0.4) is 0 Å². The second-order valence-electron chi connectivity index (χ2n) is 6.40. The van der Waals surface area contributed by atoms with E-state index in [1.807, 2.05) is 58.0 Å². The van der Waals surface area contributed by atoms with Crippen molar-refractivity contribution in [1.29, 1.82) is 0 Å². The lowest BCUT2D eigenvalue weighted by Gasteiger charge is -2.21. The van der Waals surface area contributed by atoms with Gasteiger partial charge in [-0.05, 0) is 44.9 Å². The Balaban J connectivity index is 1.95. The predicted octanol–water partition coefficient (Wildman–Crippen LogP) is 3.37. The summed E-state index contributed by atoms with van der Waals surface area (Å²) >= 11 is 1.30. The Hall–Kier alpha value is -2.41. The molecule has 0 unspecified atom stereocenters. The first-order valence-corrected chi connectivity index (χ1v) is 9.96. The standard InChI is InChI=1S/C20H26N4O2S/c1-5-10-24(12-18(25)23-17-9-7-6-8-14(17)2)19(26)13-27-20-21-15(3)11-16(4)22-20/h6-9,11H,5,10,12-13H2,1-4H3,(H,23,25). The van der Waals surface area contributed by atoms with Gasteiger partial charge < -0.3 is 10.2 Å². The molecule has 0 aliphatic heterocycles. The summed E-state index contributed by atoms with van der Waals surface area (Å²) in [5.41, 5.74) is 3.51. The molecule has 0 atom stereocenters. The van der Waals surface area contributed by atoms with Gasteiger partial charge in [0.1, 0.15) is 0 Å². The van der Waals surface area contributed by atoms with E-state index < -0.39 is 0 Å². The number of hydrogen-bond donors (Lipinski definition) is 1. The lowest BCUT2D eigenvalue weighted by molar-refractivity contribution is -0.132. The third-order valence-electron chi connectivity index (χ3n) is 3.89. The molecule has 144 valence electrons. The van der Waals surface area contributed by atoms with Gasteiger partial charge in [-0.3, -0.25) is 9.59 Å². The molecule has 0 bridgehead atoms. The number of aryl methyl sites for hydroxylation is 3. The molecule has 0 saturated heterocycles. The highest BCUT2D eigenvalue weighted by atomic mass is 32.2. The van der Waals surface area contributed by atoms with Crippen LogP contribution in [0, 0.1) is 20.8 Å². The number of rotatable bonds is 8. The van der Waals surface area contributed by atoms with Crippen molar-refractivity contribution in [2.24, 2.45) is 0 Å². The highest BCUT2D eigenvalue weighted by Crippen LogP contribution is 2.16. The van der Waals surface area contributed by atoms with Gasteiger partial charge in [-0.15, -0.1) is 0 Å². The summed E-state index contributed by atoms with van der Waals surface area (Å²) in [6.07, 6.45) is 0.786. The minimum Gasteiger partial charge on any atom is -0.333 e. The fourth-order valence-electron chi connectivity index (χ4n) is 2.61. The number of thioether (sulfide) groups is 1. The van der Waals surface area contributed by atoms with E-state index in [9.17, 15) is 9.59 Å². The van der Waals surface area contributed by atoms with E-state index in [1.165, 1.54) is 11.8 Å². The molecule has 1 aromatic carbocycles. The molecule has 1 N–H and O–H groups in total. The quantitative estimate of drug-likeness (QED) is 0.556. The number of para-hydroxylation sites is 1. The van der Waals surface area contributed by atoms with E-state index in [4.69, 9.17) is 0 Å². The summed E-state index contributed by atoms with van der Waals surface area (Å²) < 4.78 is 0. The molecule has 0 spiro atoms. The molecular formula is C20H26N4O2S. The van der Waals surface area contributed by atoms with E-state index in [-0.39, 0.29) is 24.1 Å². The summed E-state index contributed by atoms with van der Waals surface area (Å²) in [5, 5.41) is 3.46. The minimum absolute atomic E-state index is 0.0370. The number of carbonyl (C=O) groups excluding carboxylic acids is 2. The maximum absolute atomic E-state index is 12.6. The van der Waals surface area contributed by atoms with Crippen molar-refractivity contribution in [3.8, 4) is 0 Å². The Labute approximate surface area is 164 Å². The smallest absolute Gasteiger partial charge is 0.244 e. The van der Waals surface area contributed by atoms with Gasteiger partial charge in [-0.2, -0.15) is 0 Å². The van der Waals surface area contributed by atoms with Crippen molar-refractivity contribution in [2.75, 3.05) is 24.2 Å². The molecule has 7 heteroatoms. The van der Waals surface area contributed by atoms with Crippen molar-refractivity contribution in [2.45, 2.75) is 39.3 Å². The zero-order valence-corrected chi connectivity index (χ0v) is 17.1. The van der Waals surface area contributed by atoms with Gasteiger partial charge in [0, 0.05) is 23.6 Å². The van der Waals surface area contributed by atoms with Crippen molar-refractivity contribution in [3.05, 3.63) is 47.3 Å². The highest BCUT2D eigenvalue weighted by molar-refractivity contribution is 7.99. The van der Waals surface area contributed by atoms with Gasteiger partial charge in [0.25, 0.3) is 0 Å². The lowest BCUT2D eigenvalue weighted by atomic mass is 10.2. The Morgan fingerprint density at radius 2 is 1.78 bits per heavy atom. The zero-order chi connectivity index (χ0) is 19.8. The van der Waals surface area contributed by atoms with Crippen LogP contribution in [0.4, 0.5) is 5.69 Å². The Morgan fingerprint density at radius 3 is 2.41 bits per heavy atom. The second-order valence-corrected chi connectivity index (χ2v) is 7.34. The molecule has 0 saturated carbocycles. The summed E-state index contributed by atoms with van der Waals surface area (Å²) in [7, 11) is 0.